The van der Waals surface area contributed by atoms with Crippen molar-refractivity contribution in [1.82, 2.24) is 10.2 Å². The van der Waals surface area contributed by atoms with Crippen LogP contribution in [0.2, 0.25) is 0 Å². The summed E-state index contributed by atoms with van der Waals surface area (Å²) in [4.78, 5) is 15.1. The van der Waals surface area contributed by atoms with Gasteiger partial charge in [0.1, 0.15) is 0 Å². The lowest BCUT2D eigenvalue weighted by Gasteiger charge is -2.41. The number of hydrogen-bond donors (Lipinski definition) is 2. The first-order valence-corrected chi connectivity index (χ1v) is 9.56. The summed E-state index contributed by atoms with van der Waals surface area (Å²) >= 11 is 0. The fourth-order valence-electron chi connectivity index (χ4n) is 4.99. The van der Waals surface area contributed by atoms with Crippen LogP contribution in [0.3, 0.4) is 0 Å². The lowest BCUT2D eigenvalue weighted by Crippen LogP contribution is -2.54. The van der Waals surface area contributed by atoms with E-state index >= 15 is 0 Å². The molecule has 1 aliphatic carbocycles. The molecule has 2 heterocycles. The first-order chi connectivity index (χ1) is 12.4. The standard InChI is InChI=1S/C20H26F2N2O2/c21-19(22)8-6-17(10-19)20(26,16-4-2-1-3-5-16)18(25)24-9-7-14-11-23-12-15(14)13-24/h1-5,14-15,17,23,26H,6-13H2/t14?,15?,17-,20+/m1/s1. The van der Waals surface area contributed by atoms with Crippen LogP contribution in [0.5, 0.6) is 0 Å². The number of likely N-dealkylation sites (tertiary alicyclic amines) is 1. The average molecular weight is 364 g/mol. The van der Waals surface area contributed by atoms with Crippen LogP contribution in [-0.4, -0.2) is 48.0 Å². The van der Waals surface area contributed by atoms with Gasteiger partial charge in [-0.3, -0.25) is 4.79 Å². The van der Waals surface area contributed by atoms with Gasteiger partial charge in [0.15, 0.2) is 5.60 Å². The van der Waals surface area contributed by atoms with E-state index in [1.165, 1.54) is 0 Å². The second-order valence-corrected chi connectivity index (χ2v) is 8.15. The largest absolute Gasteiger partial charge is 0.375 e. The Balaban J connectivity index is 1.63. The summed E-state index contributed by atoms with van der Waals surface area (Å²) in [6.45, 7) is 3.03. The lowest BCUT2D eigenvalue weighted by molar-refractivity contribution is -0.162. The molecule has 3 aliphatic rings. The monoisotopic (exact) mass is 364 g/mol. The van der Waals surface area contributed by atoms with Crippen LogP contribution in [0.4, 0.5) is 8.78 Å². The molecular formula is C20H26F2N2O2. The van der Waals surface area contributed by atoms with Gasteiger partial charge >= 0.3 is 0 Å². The van der Waals surface area contributed by atoms with E-state index in [9.17, 15) is 18.7 Å². The maximum Gasteiger partial charge on any atom is 0.259 e. The molecule has 1 amide bonds. The number of hydrogen-bond acceptors (Lipinski definition) is 3. The minimum Gasteiger partial charge on any atom is -0.375 e. The molecule has 4 rings (SSSR count). The summed E-state index contributed by atoms with van der Waals surface area (Å²) in [5.41, 5.74) is -1.44. The van der Waals surface area contributed by atoms with Gasteiger partial charge in [-0.05, 0) is 43.3 Å². The van der Waals surface area contributed by atoms with Gasteiger partial charge in [0.05, 0.1) is 0 Å². The lowest BCUT2D eigenvalue weighted by atomic mass is 9.78. The Morgan fingerprint density at radius 2 is 1.92 bits per heavy atom. The highest BCUT2D eigenvalue weighted by atomic mass is 19.3. The van der Waals surface area contributed by atoms with Gasteiger partial charge in [0.2, 0.25) is 5.92 Å². The molecule has 2 unspecified atom stereocenters. The van der Waals surface area contributed by atoms with Gasteiger partial charge < -0.3 is 15.3 Å². The third kappa shape index (κ3) is 3.03. The van der Waals surface area contributed by atoms with Crippen LogP contribution < -0.4 is 5.32 Å². The van der Waals surface area contributed by atoms with Crippen LogP contribution in [0.1, 0.15) is 31.2 Å². The predicted molar refractivity (Wildman–Crippen MR) is 93.7 cm³/mol. The molecule has 2 saturated heterocycles. The second kappa shape index (κ2) is 6.57. The van der Waals surface area contributed by atoms with Gasteiger partial charge in [-0.1, -0.05) is 30.3 Å². The van der Waals surface area contributed by atoms with Crippen molar-refractivity contribution in [2.75, 3.05) is 26.2 Å². The molecule has 0 radical (unpaired) electrons. The number of fused-ring (bicyclic) bond motifs is 1. The van der Waals surface area contributed by atoms with Crippen LogP contribution in [0.15, 0.2) is 30.3 Å². The normalized spacial score (nSPS) is 32.9. The minimum atomic E-state index is -2.81. The molecule has 1 aromatic carbocycles. The van der Waals surface area contributed by atoms with Gasteiger partial charge in [-0.25, -0.2) is 8.78 Å². The number of carbonyl (C=O) groups excluding carboxylic acids is 1. The summed E-state index contributed by atoms with van der Waals surface area (Å²) < 4.78 is 27.8. The van der Waals surface area contributed by atoms with Crippen molar-refractivity contribution in [2.24, 2.45) is 17.8 Å². The Bertz CT molecular complexity index is 669. The molecule has 0 spiro atoms. The Kier molecular flexibility index (Phi) is 4.51. The van der Waals surface area contributed by atoms with Crippen molar-refractivity contribution >= 4 is 5.91 Å². The Hall–Kier alpha value is -1.53. The molecule has 4 nitrogen and oxygen atoms in total. The van der Waals surface area contributed by atoms with E-state index in [2.05, 4.69) is 5.32 Å². The maximum absolute atomic E-state index is 13.9. The zero-order chi connectivity index (χ0) is 18.4. The molecule has 6 heteroatoms. The summed E-state index contributed by atoms with van der Waals surface area (Å²) in [5.74, 6) is -3.02. The number of aliphatic hydroxyl groups is 1. The third-order valence-corrected chi connectivity index (χ3v) is 6.53. The maximum atomic E-state index is 13.9. The van der Waals surface area contributed by atoms with Crippen molar-refractivity contribution in [3.05, 3.63) is 35.9 Å². The smallest absolute Gasteiger partial charge is 0.259 e. The Morgan fingerprint density at radius 3 is 2.62 bits per heavy atom. The molecule has 2 aliphatic heterocycles. The SMILES string of the molecule is O=C(N1CCC2CNCC2C1)[C@](O)(c1ccccc1)[C@@H]1CCC(F)(F)C1. The van der Waals surface area contributed by atoms with Crippen LogP contribution >= 0.6 is 0 Å². The number of amides is 1. The summed E-state index contributed by atoms with van der Waals surface area (Å²) in [6.07, 6.45) is 0.348. The zero-order valence-electron chi connectivity index (χ0n) is 14.8. The minimum absolute atomic E-state index is 0.158. The zero-order valence-corrected chi connectivity index (χ0v) is 14.8. The van der Waals surface area contributed by atoms with Crippen LogP contribution in [0.25, 0.3) is 0 Å². The fourth-order valence-corrected chi connectivity index (χ4v) is 4.99. The number of carbonyl (C=O) groups is 1. The van der Waals surface area contributed by atoms with Gasteiger partial charge in [0, 0.05) is 31.8 Å². The Labute approximate surface area is 152 Å². The average Bonchev–Trinajstić information content (AvgIpc) is 3.26. The molecule has 26 heavy (non-hydrogen) atoms. The van der Waals surface area contributed by atoms with Crippen molar-refractivity contribution in [1.29, 1.82) is 0 Å². The van der Waals surface area contributed by atoms with E-state index in [1.807, 2.05) is 0 Å². The molecule has 1 aromatic rings. The van der Waals surface area contributed by atoms with E-state index < -0.39 is 29.8 Å². The first kappa shape index (κ1) is 17.9. The number of nitrogens with one attached hydrogen (secondary N) is 1. The Morgan fingerprint density at radius 1 is 1.19 bits per heavy atom. The highest BCUT2D eigenvalue weighted by molar-refractivity contribution is 5.87. The topological polar surface area (TPSA) is 52.6 Å². The fraction of sp³-hybridized carbons (Fsp3) is 0.650. The molecule has 1 saturated carbocycles. The van der Waals surface area contributed by atoms with E-state index in [4.69, 9.17) is 0 Å². The third-order valence-electron chi connectivity index (χ3n) is 6.53. The van der Waals surface area contributed by atoms with Gasteiger partial charge in [-0.15, -0.1) is 0 Å². The van der Waals surface area contributed by atoms with Crippen molar-refractivity contribution in [2.45, 2.75) is 37.2 Å². The van der Waals surface area contributed by atoms with Crippen molar-refractivity contribution in [3.8, 4) is 0 Å². The molecule has 3 fully saturated rings. The molecule has 4 atom stereocenters. The van der Waals surface area contributed by atoms with E-state index in [-0.39, 0.29) is 12.8 Å². The highest BCUT2D eigenvalue weighted by Gasteiger charge is 2.55. The molecular weight excluding hydrogens is 338 g/mol. The van der Waals surface area contributed by atoms with E-state index in [1.54, 1.807) is 35.2 Å². The van der Waals surface area contributed by atoms with Crippen LogP contribution in [0, 0.1) is 17.8 Å². The number of halogens is 2. The number of benzene rings is 1. The number of nitrogens with zero attached hydrogens (tertiary/aromatic N) is 1. The highest BCUT2D eigenvalue weighted by Crippen LogP contribution is 2.48. The summed E-state index contributed by atoms with van der Waals surface area (Å²) in [6, 6.07) is 8.64. The second-order valence-electron chi connectivity index (χ2n) is 8.15. The van der Waals surface area contributed by atoms with E-state index in [0.29, 0.717) is 30.5 Å². The van der Waals surface area contributed by atoms with Crippen molar-refractivity contribution in [3.63, 3.8) is 0 Å². The molecule has 142 valence electrons. The van der Waals surface area contributed by atoms with Crippen LogP contribution in [-0.2, 0) is 10.4 Å². The van der Waals surface area contributed by atoms with Crippen molar-refractivity contribution < 1.29 is 18.7 Å². The van der Waals surface area contributed by atoms with Gasteiger partial charge in [-0.2, -0.15) is 0 Å². The quantitative estimate of drug-likeness (QED) is 0.866. The number of alkyl halides is 2. The molecule has 0 bridgehead atoms. The predicted octanol–water partition coefficient (Wildman–Crippen LogP) is 2.38. The number of rotatable bonds is 3. The molecule has 0 aromatic heterocycles. The summed E-state index contributed by atoms with van der Waals surface area (Å²) in [5, 5.41) is 14.9. The first-order valence-electron chi connectivity index (χ1n) is 9.56. The van der Waals surface area contributed by atoms with Gasteiger partial charge in [0.25, 0.3) is 5.91 Å². The molecule has 2 N–H and O–H groups in total. The summed E-state index contributed by atoms with van der Waals surface area (Å²) in [7, 11) is 0. The number of piperidine rings is 1. The van der Waals surface area contributed by atoms with E-state index in [0.717, 1.165) is 19.5 Å².